The Balaban J connectivity index is 2.29. The molecule has 0 atom stereocenters. The Hall–Kier alpha value is -2.10. The lowest BCUT2D eigenvalue weighted by atomic mass is 10.2. The minimum Gasteiger partial charge on any atom is -0.463 e. The number of benzene rings is 1. The van der Waals surface area contributed by atoms with Crippen molar-refractivity contribution in [3.8, 4) is 0 Å². The van der Waals surface area contributed by atoms with Crippen LogP contribution in [0.15, 0.2) is 42.5 Å². The Morgan fingerprint density at radius 3 is 2.28 bits per heavy atom. The molecule has 96 valence electrons. The molecule has 0 spiro atoms. The highest BCUT2D eigenvalue weighted by Crippen LogP contribution is 2.00. The fourth-order valence-electron chi connectivity index (χ4n) is 1.16. The van der Waals surface area contributed by atoms with Crippen LogP contribution < -0.4 is 0 Å². The Bertz CT molecular complexity index is 409. The molecule has 0 radical (unpaired) electrons. The van der Waals surface area contributed by atoms with Gasteiger partial charge in [-0.1, -0.05) is 37.3 Å². The van der Waals surface area contributed by atoms with Crippen molar-refractivity contribution in [3.05, 3.63) is 48.0 Å². The average Bonchev–Trinajstić information content (AvgIpc) is 2.41. The Morgan fingerprint density at radius 2 is 1.67 bits per heavy atom. The first-order valence-corrected chi connectivity index (χ1v) is 5.78. The van der Waals surface area contributed by atoms with E-state index in [1.54, 1.807) is 0 Å². The summed E-state index contributed by atoms with van der Waals surface area (Å²) in [5, 5.41) is 0. The summed E-state index contributed by atoms with van der Waals surface area (Å²) in [5.41, 5.74) is 0.896. The fourth-order valence-corrected chi connectivity index (χ4v) is 1.16. The lowest BCUT2D eigenvalue weighted by Crippen LogP contribution is -2.05. The predicted molar refractivity (Wildman–Crippen MR) is 66.6 cm³/mol. The van der Waals surface area contributed by atoms with Crippen molar-refractivity contribution in [2.45, 2.75) is 20.0 Å². The van der Waals surface area contributed by atoms with E-state index in [2.05, 4.69) is 0 Å². The third-order valence-corrected chi connectivity index (χ3v) is 2.03. The van der Waals surface area contributed by atoms with Gasteiger partial charge >= 0.3 is 11.9 Å². The largest absolute Gasteiger partial charge is 0.463 e. The van der Waals surface area contributed by atoms with Crippen molar-refractivity contribution in [1.82, 2.24) is 0 Å². The Kier molecular flexibility index (Phi) is 6.25. The first kappa shape index (κ1) is 14.0. The summed E-state index contributed by atoms with van der Waals surface area (Å²) < 4.78 is 9.72. The van der Waals surface area contributed by atoms with Crippen LogP contribution in [0.2, 0.25) is 0 Å². The average molecular weight is 248 g/mol. The number of carbonyl (C=O) groups excluding carboxylic acids is 2. The molecule has 4 heteroatoms. The van der Waals surface area contributed by atoms with Gasteiger partial charge in [0, 0.05) is 12.2 Å². The van der Waals surface area contributed by atoms with Gasteiger partial charge in [-0.2, -0.15) is 0 Å². The molecule has 1 aromatic rings. The number of hydrogen-bond acceptors (Lipinski definition) is 4. The second-order valence-electron chi connectivity index (χ2n) is 3.59. The second kappa shape index (κ2) is 8.06. The van der Waals surface area contributed by atoms with E-state index < -0.39 is 11.9 Å². The number of rotatable bonds is 6. The van der Waals surface area contributed by atoms with E-state index in [9.17, 15) is 9.59 Å². The topological polar surface area (TPSA) is 52.6 Å². The number of carbonyl (C=O) groups is 2. The van der Waals surface area contributed by atoms with E-state index in [1.165, 1.54) is 0 Å². The molecule has 0 heterocycles. The quantitative estimate of drug-likeness (QED) is 0.572. The fraction of sp³-hybridized carbons (Fsp3) is 0.286. The van der Waals surface area contributed by atoms with Gasteiger partial charge in [0.2, 0.25) is 0 Å². The van der Waals surface area contributed by atoms with E-state index >= 15 is 0 Å². The van der Waals surface area contributed by atoms with Crippen LogP contribution in [0, 0.1) is 0 Å². The Labute approximate surface area is 106 Å². The van der Waals surface area contributed by atoms with Gasteiger partial charge in [0.05, 0.1) is 6.61 Å². The van der Waals surface area contributed by atoms with Crippen molar-refractivity contribution in [1.29, 1.82) is 0 Å². The van der Waals surface area contributed by atoms with Gasteiger partial charge < -0.3 is 9.47 Å². The number of ether oxygens (including phenoxy) is 2. The van der Waals surface area contributed by atoms with Crippen LogP contribution in [0.1, 0.15) is 18.9 Å². The van der Waals surface area contributed by atoms with Gasteiger partial charge in [-0.05, 0) is 12.0 Å². The zero-order valence-electron chi connectivity index (χ0n) is 10.3. The van der Waals surface area contributed by atoms with Crippen molar-refractivity contribution in [2.24, 2.45) is 0 Å². The van der Waals surface area contributed by atoms with Crippen molar-refractivity contribution in [3.63, 3.8) is 0 Å². The standard InChI is InChI=1S/C14H16O4/c1-2-10-17-13(15)8-9-14(16)18-11-12-6-4-3-5-7-12/h3-9H,2,10-11H2,1H3. The molecule has 0 aromatic heterocycles. The molecule has 18 heavy (non-hydrogen) atoms. The summed E-state index contributed by atoms with van der Waals surface area (Å²) >= 11 is 0. The monoisotopic (exact) mass is 248 g/mol. The highest BCUT2D eigenvalue weighted by molar-refractivity contribution is 5.91. The van der Waals surface area contributed by atoms with E-state index in [4.69, 9.17) is 9.47 Å². The first-order valence-electron chi connectivity index (χ1n) is 5.78. The summed E-state index contributed by atoms with van der Waals surface area (Å²) in [6.45, 7) is 2.43. The molecule has 0 saturated carbocycles. The van der Waals surface area contributed by atoms with Crippen molar-refractivity contribution in [2.75, 3.05) is 6.61 Å². The van der Waals surface area contributed by atoms with Crippen molar-refractivity contribution < 1.29 is 19.1 Å². The lowest BCUT2D eigenvalue weighted by Gasteiger charge is -2.01. The summed E-state index contributed by atoms with van der Waals surface area (Å²) in [4.78, 5) is 22.3. The van der Waals surface area contributed by atoms with E-state index in [-0.39, 0.29) is 6.61 Å². The van der Waals surface area contributed by atoms with Gasteiger partial charge in [0.25, 0.3) is 0 Å². The molecule has 0 N–H and O–H groups in total. The van der Waals surface area contributed by atoms with Crippen LogP contribution >= 0.6 is 0 Å². The van der Waals surface area contributed by atoms with Gasteiger partial charge in [0.1, 0.15) is 6.61 Å². The summed E-state index contributed by atoms with van der Waals surface area (Å²) in [6, 6.07) is 9.32. The van der Waals surface area contributed by atoms with Crippen LogP contribution in [0.25, 0.3) is 0 Å². The minimum absolute atomic E-state index is 0.189. The maximum absolute atomic E-state index is 11.3. The maximum atomic E-state index is 11.3. The lowest BCUT2D eigenvalue weighted by molar-refractivity contribution is -0.141. The summed E-state index contributed by atoms with van der Waals surface area (Å²) in [7, 11) is 0. The number of esters is 2. The third-order valence-electron chi connectivity index (χ3n) is 2.03. The SMILES string of the molecule is CCCOC(=O)C=CC(=O)OCc1ccccc1. The molecule has 0 aliphatic rings. The van der Waals surface area contributed by atoms with Gasteiger partial charge in [-0.15, -0.1) is 0 Å². The smallest absolute Gasteiger partial charge is 0.331 e. The number of hydrogen-bond donors (Lipinski definition) is 0. The van der Waals surface area contributed by atoms with Gasteiger partial charge in [0.15, 0.2) is 0 Å². The molecule has 1 aromatic carbocycles. The normalized spacial score (nSPS) is 10.3. The molecule has 0 unspecified atom stereocenters. The van der Waals surface area contributed by atoms with E-state index in [0.717, 1.165) is 24.1 Å². The highest BCUT2D eigenvalue weighted by atomic mass is 16.5. The molecule has 1 rings (SSSR count). The van der Waals surface area contributed by atoms with E-state index in [1.807, 2.05) is 37.3 Å². The molecule has 0 bridgehead atoms. The molecule has 0 saturated heterocycles. The molecular formula is C14H16O4. The molecule has 0 amide bonds. The maximum Gasteiger partial charge on any atom is 0.331 e. The molecule has 4 nitrogen and oxygen atoms in total. The second-order valence-corrected chi connectivity index (χ2v) is 3.59. The minimum atomic E-state index is -0.563. The highest BCUT2D eigenvalue weighted by Gasteiger charge is 2.01. The zero-order chi connectivity index (χ0) is 13.2. The molecule has 0 aliphatic heterocycles. The van der Waals surface area contributed by atoms with Gasteiger partial charge in [-0.25, -0.2) is 9.59 Å². The van der Waals surface area contributed by atoms with Crippen LogP contribution in [0.3, 0.4) is 0 Å². The zero-order valence-corrected chi connectivity index (χ0v) is 10.3. The van der Waals surface area contributed by atoms with Gasteiger partial charge in [-0.3, -0.25) is 0 Å². The van der Waals surface area contributed by atoms with Crippen LogP contribution in [-0.2, 0) is 25.7 Å². The first-order chi connectivity index (χ1) is 8.72. The Morgan fingerprint density at radius 1 is 1.06 bits per heavy atom. The summed E-state index contributed by atoms with van der Waals surface area (Å²) in [5.74, 6) is -1.10. The third kappa shape index (κ3) is 5.84. The van der Waals surface area contributed by atoms with E-state index in [0.29, 0.717) is 6.61 Å². The molecular weight excluding hydrogens is 232 g/mol. The van der Waals surface area contributed by atoms with Crippen LogP contribution in [0.4, 0.5) is 0 Å². The van der Waals surface area contributed by atoms with Crippen LogP contribution in [0.5, 0.6) is 0 Å². The molecule has 0 fully saturated rings. The summed E-state index contributed by atoms with van der Waals surface area (Å²) in [6.07, 6.45) is 2.89. The van der Waals surface area contributed by atoms with Crippen molar-refractivity contribution >= 4 is 11.9 Å². The predicted octanol–water partition coefficient (Wildman–Crippen LogP) is 2.24. The van der Waals surface area contributed by atoms with Crippen LogP contribution in [-0.4, -0.2) is 18.5 Å². The molecule has 0 aliphatic carbocycles.